The average Bonchev–Trinajstić information content (AvgIpc) is 2.62. The number of methoxy groups -OCH3 is 1. The topological polar surface area (TPSA) is 71.2 Å². The van der Waals surface area contributed by atoms with Crippen LogP contribution in [0.3, 0.4) is 0 Å². The minimum Gasteiger partial charge on any atom is -0.495 e. The first-order valence-electron chi connectivity index (χ1n) is 8.22. The molecule has 1 heterocycles. The summed E-state index contributed by atoms with van der Waals surface area (Å²) in [6, 6.07) is 12.6. The van der Waals surface area contributed by atoms with E-state index in [0.29, 0.717) is 40.4 Å². The van der Waals surface area contributed by atoms with E-state index in [4.69, 9.17) is 16.3 Å². The maximum Gasteiger partial charge on any atom is 0.251 e. The number of aryl methyl sites for hydroxylation is 1. The highest BCUT2D eigenvalue weighted by Gasteiger charge is 2.09. The highest BCUT2D eigenvalue weighted by Crippen LogP contribution is 2.28. The molecular weight excluding hydrogens is 352 g/mol. The Kier molecular flexibility index (Phi) is 5.28. The lowest BCUT2D eigenvalue weighted by Gasteiger charge is -2.08. The highest BCUT2D eigenvalue weighted by molar-refractivity contribution is 6.32. The predicted octanol–water partition coefficient (Wildman–Crippen LogP) is 3.47. The Balaban J connectivity index is 1.73. The molecule has 26 heavy (non-hydrogen) atoms. The van der Waals surface area contributed by atoms with Gasteiger partial charge in [0, 0.05) is 23.1 Å². The maximum absolute atomic E-state index is 12.2. The lowest BCUT2D eigenvalue weighted by molar-refractivity contribution is 0.0954. The molecule has 0 saturated carbocycles. The molecule has 0 atom stereocenters. The van der Waals surface area contributed by atoms with Gasteiger partial charge in [-0.3, -0.25) is 9.59 Å². The van der Waals surface area contributed by atoms with Gasteiger partial charge in [0.05, 0.1) is 17.6 Å². The van der Waals surface area contributed by atoms with E-state index >= 15 is 0 Å². The summed E-state index contributed by atoms with van der Waals surface area (Å²) in [7, 11) is 1.54. The Morgan fingerprint density at radius 1 is 1.19 bits per heavy atom. The lowest BCUT2D eigenvalue weighted by atomic mass is 10.1. The molecule has 5 nitrogen and oxygen atoms in total. The molecular formula is C20H19ClN2O3. The number of ether oxygens (including phenoxy) is 1. The van der Waals surface area contributed by atoms with Crippen LogP contribution in [0.5, 0.6) is 5.75 Å². The number of benzene rings is 2. The Morgan fingerprint density at radius 3 is 2.62 bits per heavy atom. The van der Waals surface area contributed by atoms with E-state index < -0.39 is 0 Å². The molecule has 3 rings (SSSR count). The fourth-order valence-electron chi connectivity index (χ4n) is 2.71. The third-order valence-electron chi connectivity index (χ3n) is 4.19. The van der Waals surface area contributed by atoms with Gasteiger partial charge in [-0.1, -0.05) is 29.3 Å². The lowest BCUT2D eigenvalue weighted by Crippen LogP contribution is -2.27. The van der Waals surface area contributed by atoms with Crippen molar-refractivity contribution in [2.45, 2.75) is 13.3 Å². The van der Waals surface area contributed by atoms with Crippen molar-refractivity contribution in [1.29, 1.82) is 0 Å². The zero-order valence-corrected chi connectivity index (χ0v) is 15.3. The molecule has 1 aromatic heterocycles. The monoisotopic (exact) mass is 370 g/mol. The van der Waals surface area contributed by atoms with Crippen molar-refractivity contribution in [3.63, 3.8) is 0 Å². The van der Waals surface area contributed by atoms with E-state index in [2.05, 4.69) is 10.3 Å². The van der Waals surface area contributed by atoms with Gasteiger partial charge in [-0.05, 0) is 43.7 Å². The molecule has 0 aliphatic heterocycles. The van der Waals surface area contributed by atoms with Crippen LogP contribution >= 0.6 is 11.6 Å². The van der Waals surface area contributed by atoms with Crippen molar-refractivity contribution >= 4 is 28.4 Å². The van der Waals surface area contributed by atoms with Crippen LogP contribution in [-0.2, 0) is 6.42 Å². The van der Waals surface area contributed by atoms with Crippen molar-refractivity contribution in [3.8, 4) is 5.75 Å². The number of carbonyl (C=O) groups excluding carboxylic acids is 1. The van der Waals surface area contributed by atoms with E-state index in [1.54, 1.807) is 37.4 Å². The second-order valence-corrected chi connectivity index (χ2v) is 6.48. The number of aromatic amines is 1. The van der Waals surface area contributed by atoms with E-state index in [9.17, 15) is 9.59 Å². The van der Waals surface area contributed by atoms with Gasteiger partial charge in [-0.15, -0.1) is 0 Å². The van der Waals surface area contributed by atoms with Crippen LogP contribution in [0.15, 0.2) is 47.3 Å². The van der Waals surface area contributed by atoms with Gasteiger partial charge in [0.1, 0.15) is 5.75 Å². The van der Waals surface area contributed by atoms with Gasteiger partial charge >= 0.3 is 0 Å². The Hall–Kier alpha value is -2.79. The summed E-state index contributed by atoms with van der Waals surface area (Å²) in [5.41, 5.74) is 2.74. The smallest absolute Gasteiger partial charge is 0.251 e. The van der Waals surface area contributed by atoms with Gasteiger partial charge in [-0.25, -0.2) is 0 Å². The third-order valence-corrected chi connectivity index (χ3v) is 4.48. The zero-order valence-electron chi connectivity index (χ0n) is 14.6. The van der Waals surface area contributed by atoms with Crippen LogP contribution in [0, 0.1) is 6.92 Å². The van der Waals surface area contributed by atoms with Gasteiger partial charge < -0.3 is 15.0 Å². The van der Waals surface area contributed by atoms with Gasteiger partial charge in [0.2, 0.25) is 0 Å². The van der Waals surface area contributed by atoms with Crippen LogP contribution < -0.4 is 15.6 Å². The summed E-state index contributed by atoms with van der Waals surface area (Å²) >= 11 is 6.09. The quantitative estimate of drug-likeness (QED) is 0.722. The van der Waals surface area contributed by atoms with Crippen molar-refractivity contribution < 1.29 is 9.53 Å². The number of halogens is 1. The minimum absolute atomic E-state index is 0.157. The Labute approximate surface area is 156 Å². The van der Waals surface area contributed by atoms with Gasteiger partial charge in [-0.2, -0.15) is 0 Å². The van der Waals surface area contributed by atoms with Crippen LogP contribution in [0.4, 0.5) is 0 Å². The fourth-order valence-corrected chi connectivity index (χ4v) is 2.95. The summed E-state index contributed by atoms with van der Waals surface area (Å²) in [5, 5.41) is 4.10. The summed E-state index contributed by atoms with van der Waals surface area (Å²) in [5.74, 6) is 0.389. The number of hydrogen-bond acceptors (Lipinski definition) is 3. The number of rotatable bonds is 5. The summed E-state index contributed by atoms with van der Waals surface area (Å²) in [4.78, 5) is 27.2. The van der Waals surface area contributed by atoms with E-state index in [-0.39, 0.29) is 11.5 Å². The van der Waals surface area contributed by atoms with Crippen molar-refractivity contribution in [1.82, 2.24) is 10.3 Å². The summed E-state index contributed by atoms with van der Waals surface area (Å²) in [6.45, 7) is 2.34. The molecule has 0 bridgehead atoms. The fraction of sp³-hybridized carbons (Fsp3) is 0.200. The summed E-state index contributed by atoms with van der Waals surface area (Å²) < 4.78 is 5.21. The third kappa shape index (κ3) is 3.89. The molecule has 0 fully saturated rings. The number of fused-ring (bicyclic) bond motifs is 1. The molecule has 0 aliphatic rings. The molecule has 134 valence electrons. The van der Waals surface area contributed by atoms with Gasteiger partial charge in [0.25, 0.3) is 11.5 Å². The number of aromatic nitrogens is 1. The molecule has 0 saturated heterocycles. The number of H-pyrrole nitrogens is 1. The number of hydrogen-bond donors (Lipinski definition) is 2. The van der Waals surface area contributed by atoms with Crippen molar-refractivity contribution in [2.75, 3.05) is 13.7 Å². The normalized spacial score (nSPS) is 10.7. The molecule has 0 aliphatic carbocycles. The predicted molar refractivity (Wildman–Crippen MR) is 103 cm³/mol. The van der Waals surface area contributed by atoms with Crippen LogP contribution in [0.1, 0.15) is 21.5 Å². The van der Waals surface area contributed by atoms with E-state index in [0.717, 1.165) is 10.9 Å². The Bertz CT molecular complexity index is 1010. The molecule has 0 unspecified atom stereocenters. The minimum atomic E-state index is -0.191. The number of carbonyl (C=O) groups is 1. The molecule has 0 spiro atoms. The molecule has 3 aromatic rings. The molecule has 1 amide bonds. The number of amides is 1. The molecule has 2 N–H and O–H groups in total. The van der Waals surface area contributed by atoms with Crippen molar-refractivity contribution in [3.05, 3.63) is 74.5 Å². The van der Waals surface area contributed by atoms with Crippen LogP contribution in [0.25, 0.3) is 10.9 Å². The molecule has 0 radical (unpaired) electrons. The average molecular weight is 371 g/mol. The highest BCUT2D eigenvalue weighted by atomic mass is 35.5. The van der Waals surface area contributed by atoms with E-state index in [1.165, 1.54) is 0 Å². The van der Waals surface area contributed by atoms with Crippen LogP contribution in [0.2, 0.25) is 5.02 Å². The standard InChI is InChI=1S/C20H19ClN2O3/c1-12-3-5-13(6-4-12)19(24)22-8-7-14-9-15-10-18(26-2)16(21)11-17(15)23-20(14)25/h3-6,9-11H,7-8H2,1-2H3,(H,22,24)(H,23,25). The first kappa shape index (κ1) is 18.0. The maximum atomic E-state index is 12.2. The number of pyridine rings is 1. The molecule has 2 aromatic carbocycles. The second-order valence-electron chi connectivity index (χ2n) is 6.07. The summed E-state index contributed by atoms with van der Waals surface area (Å²) in [6.07, 6.45) is 0.424. The van der Waals surface area contributed by atoms with Gasteiger partial charge in [0.15, 0.2) is 0 Å². The molecule has 6 heteroatoms. The Morgan fingerprint density at radius 2 is 1.92 bits per heavy atom. The van der Waals surface area contributed by atoms with Crippen LogP contribution in [-0.4, -0.2) is 24.5 Å². The SMILES string of the molecule is COc1cc2cc(CCNC(=O)c3ccc(C)cc3)c(=O)[nH]c2cc1Cl. The second kappa shape index (κ2) is 7.62. The first-order chi connectivity index (χ1) is 12.5. The first-order valence-corrected chi connectivity index (χ1v) is 8.60. The van der Waals surface area contributed by atoms with Crippen molar-refractivity contribution in [2.24, 2.45) is 0 Å². The zero-order chi connectivity index (χ0) is 18.7. The largest absolute Gasteiger partial charge is 0.495 e. The van der Waals surface area contributed by atoms with E-state index in [1.807, 2.05) is 19.1 Å². The number of nitrogens with one attached hydrogen (secondary N) is 2.